The van der Waals surface area contributed by atoms with Crippen molar-refractivity contribution < 1.29 is 4.79 Å². The van der Waals surface area contributed by atoms with E-state index in [0.717, 1.165) is 42.6 Å². The fourth-order valence-corrected chi connectivity index (χ4v) is 6.41. The Balaban J connectivity index is 1.26. The topological polar surface area (TPSA) is 87.7 Å². The number of amides is 1. The second kappa shape index (κ2) is 7.08. The summed E-state index contributed by atoms with van der Waals surface area (Å²) in [6.07, 6.45) is 11.6. The van der Waals surface area contributed by atoms with Gasteiger partial charge >= 0.3 is 0 Å². The first-order valence-corrected chi connectivity index (χ1v) is 10.8. The lowest BCUT2D eigenvalue weighted by molar-refractivity contribution is -0.126. The van der Waals surface area contributed by atoms with Gasteiger partial charge < -0.3 is 10.3 Å². The minimum Gasteiger partial charge on any atom is -0.351 e. The minimum atomic E-state index is -0.160. The summed E-state index contributed by atoms with van der Waals surface area (Å²) >= 11 is 0. The molecule has 2 N–H and O–H groups in total. The monoisotopic (exact) mass is 392 g/mol. The first-order valence-electron chi connectivity index (χ1n) is 10.8. The summed E-state index contributed by atoms with van der Waals surface area (Å²) < 4.78 is 0. The van der Waals surface area contributed by atoms with Gasteiger partial charge in [0.2, 0.25) is 5.91 Å². The van der Waals surface area contributed by atoms with E-state index in [1.54, 1.807) is 12.4 Å². The smallest absolute Gasteiger partial charge is 0.254 e. The number of carbonyl (C=O) groups excluding carboxylic acids is 1. The van der Waals surface area contributed by atoms with Gasteiger partial charge in [-0.3, -0.25) is 14.6 Å². The Labute approximate surface area is 170 Å². The Morgan fingerprint density at radius 2 is 1.76 bits per heavy atom. The van der Waals surface area contributed by atoms with E-state index in [9.17, 15) is 9.59 Å². The zero-order valence-corrected chi connectivity index (χ0v) is 16.9. The van der Waals surface area contributed by atoms with E-state index < -0.39 is 0 Å². The van der Waals surface area contributed by atoms with Crippen LogP contribution in [0, 0.1) is 24.7 Å². The summed E-state index contributed by atoms with van der Waals surface area (Å²) in [6, 6.07) is 3.63. The molecule has 2 aromatic rings. The van der Waals surface area contributed by atoms with Crippen LogP contribution in [0.5, 0.6) is 0 Å². The lowest BCUT2D eigenvalue weighted by atomic mass is 9.53. The third-order valence-electron chi connectivity index (χ3n) is 7.22. The second-order valence-corrected chi connectivity index (χ2v) is 9.46. The molecule has 6 heteroatoms. The van der Waals surface area contributed by atoms with Crippen LogP contribution in [0.3, 0.4) is 0 Å². The van der Waals surface area contributed by atoms with Crippen LogP contribution in [0.4, 0.5) is 0 Å². The van der Waals surface area contributed by atoms with E-state index in [2.05, 4.69) is 20.3 Å². The van der Waals surface area contributed by atoms with Crippen molar-refractivity contribution in [1.29, 1.82) is 0 Å². The van der Waals surface area contributed by atoms with Gasteiger partial charge in [-0.15, -0.1) is 0 Å². The molecule has 6 nitrogen and oxygen atoms in total. The molecule has 4 aliphatic carbocycles. The number of rotatable bonds is 5. The van der Waals surface area contributed by atoms with Gasteiger partial charge in [0.15, 0.2) is 0 Å². The number of hydrogen-bond acceptors (Lipinski definition) is 4. The first-order chi connectivity index (χ1) is 14.0. The predicted molar refractivity (Wildman–Crippen MR) is 110 cm³/mol. The largest absolute Gasteiger partial charge is 0.351 e. The maximum Gasteiger partial charge on any atom is 0.254 e. The average Bonchev–Trinajstić information content (AvgIpc) is 2.66. The summed E-state index contributed by atoms with van der Waals surface area (Å²) in [5, 5.41) is 3.39. The quantitative estimate of drug-likeness (QED) is 0.818. The number of pyridine rings is 1. The Hall–Kier alpha value is -2.50. The molecule has 4 fully saturated rings. The summed E-state index contributed by atoms with van der Waals surface area (Å²) in [7, 11) is 0. The van der Waals surface area contributed by atoms with Crippen LogP contribution in [0.2, 0.25) is 0 Å². The van der Waals surface area contributed by atoms with Gasteiger partial charge in [0, 0.05) is 41.2 Å². The van der Waals surface area contributed by atoms with Crippen LogP contribution in [-0.2, 0) is 11.2 Å². The number of nitrogens with one attached hydrogen (secondary N) is 2. The molecule has 0 atom stereocenters. The molecule has 0 aromatic carbocycles. The SMILES string of the molecule is Cc1nc(-c2ccncc2)[nH]c(=O)c1CCC(=O)NC12CC3CC(CC(C3)C1)C2. The van der Waals surface area contributed by atoms with Gasteiger partial charge in [0.05, 0.1) is 0 Å². The third-order valence-corrected chi connectivity index (χ3v) is 7.22. The molecule has 4 saturated carbocycles. The van der Waals surface area contributed by atoms with Crippen molar-refractivity contribution in [2.24, 2.45) is 17.8 Å². The van der Waals surface area contributed by atoms with Crippen LogP contribution >= 0.6 is 0 Å². The molecule has 0 aliphatic heterocycles. The molecule has 152 valence electrons. The van der Waals surface area contributed by atoms with Gasteiger partial charge in [-0.1, -0.05) is 0 Å². The van der Waals surface area contributed by atoms with E-state index in [0.29, 0.717) is 29.9 Å². The normalized spacial score (nSPS) is 29.8. The van der Waals surface area contributed by atoms with Gasteiger partial charge in [-0.2, -0.15) is 0 Å². The Morgan fingerprint density at radius 1 is 1.14 bits per heavy atom. The van der Waals surface area contributed by atoms with Gasteiger partial charge in [-0.05, 0) is 81.8 Å². The molecule has 4 aliphatic rings. The molecule has 1 amide bonds. The predicted octanol–water partition coefficient (Wildman–Crippen LogP) is 3.16. The molecular weight excluding hydrogens is 364 g/mol. The highest BCUT2D eigenvalue weighted by atomic mass is 16.1. The van der Waals surface area contributed by atoms with Crippen LogP contribution in [0.25, 0.3) is 11.4 Å². The van der Waals surface area contributed by atoms with Crippen molar-refractivity contribution >= 4 is 5.91 Å². The Bertz CT molecular complexity index is 947. The number of aromatic amines is 1. The molecule has 0 spiro atoms. The maximum atomic E-state index is 12.8. The summed E-state index contributed by atoms with van der Waals surface area (Å²) in [5.74, 6) is 3.02. The molecule has 0 radical (unpaired) electrons. The van der Waals surface area contributed by atoms with Crippen LogP contribution in [-0.4, -0.2) is 26.4 Å². The Morgan fingerprint density at radius 3 is 2.34 bits per heavy atom. The van der Waals surface area contributed by atoms with Crippen molar-refractivity contribution in [2.75, 3.05) is 0 Å². The molecule has 0 saturated heterocycles. The number of nitrogens with zero attached hydrogens (tertiary/aromatic N) is 2. The number of H-pyrrole nitrogens is 1. The zero-order chi connectivity index (χ0) is 20.0. The van der Waals surface area contributed by atoms with Crippen molar-refractivity contribution in [3.63, 3.8) is 0 Å². The van der Waals surface area contributed by atoms with Crippen LogP contribution < -0.4 is 10.9 Å². The average molecular weight is 393 g/mol. The lowest BCUT2D eigenvalue weighted by Gasteiger charge is -2.56. The highest BCUT2D eigenvalue weighted by Crippen LogP contribution is 2.55. The molecular formula is C23H28N4O2. The van der Waals surface area contributed by atoms with Crippen LogP contribution in [0.15, 0.2) is 29.3 Å². The minimum absolute atomic E-state index is 0.0246. The number of hydrogen-bond donors (Lipinski definition) is 2. The van der Waals surface area contributed by atoms with E-state index in [4.69, 9.17) is 0 Å². The summed E-state index contributed by atoms with van der Waals surface area (Å²) in [4.78, 5) is 36.8. The van der Waals surface area contributed by atoms with Crippen molar-refractivity contribution in [3.05, 3.63) is 46.1 Å². The molecule has 6 rings (SSSR count). The molecule has 2 aromatic heterocycles. The molecule has 0 unspecified atom stereocenters. The zero-order valence-electron chi connectivity index (χ0n) is 16.9. The molecule has 2 heterocycles. The third kappa shape index (κ3) is 3.61. The van der Waals surface area contributed by atoms with E-state index in [1.807, 2.05) is 19.1 Å². The highest BCUT2D eigenvalue weighted by molar-refractivity contribution is 5.77. The van der Waals surface area contributed by atoms with Crippen molar-refractivity contribution in [1.82, 2.24) is 20.3 Å². The van der Waals surface area contributed by atoms with Gasteiger partial charge in [0.25, 0.3) is 5.56 Å². The number of aromatic nitrogens is 3. The van der Waals surface area contributed by atoms with Crippen molar-refractivity contribution in [3.8, 4) is 11.4 Å². The van der Waals surface area contributed by atoms with E-state index >= 15 is 0 Å². The first kappa shape index (κ1) is 18.5. The molecule has 29 heavy (non-hydrogen) atoms. The lowest BCUT2D eigenvalue weighted by Crippen LogP contribution is -2.59. The summed E-state index contributed by atoms with van der Waals surface area (Å²) in [6.45, 7) is 1.84. The second-order valence-electron chi connectivity index (χ2n) is 9.46. The Kier molecular flexibility index (Phi) is 4.52. The molecule has 4 bridgehead atoms. The van der Waals surface area contributed by atoms with Crippen LogP contribution in [0.1, 0.15) is 56.2 Å². The standard InChI is InChI=1S/C23H28N4O2/c1-14-19(22(29)26-21(25-14)18-4-6-24-7-5-18)2-3-20(28)27-23-11-15-8-16(12-23)10-17(9-15)13-23/h4-7,15-17H,2-3,8-13H2,1H3,(H,27,28)(H,25,26,29). The van der Waals surface area contributed by atoms with Crippen molar-refractivity contribution in [2.45, 2.75) is 63.8 Å². The van der Waals surface area contributed by atoms with E-state index in [1.165, 1.54) is 19.3 Å². The summed E-state index contributed by atoms with van der Waals surface area (Å²) in [5.41, 5.74) is 1.97. The fraction of sp³-hybridized carbons (Fsp3) is 0.565. The highest BCUT2D eigenvalue weighted by Gasteiger charge is 2.51. The van der Waals surface area contributed by atoms with Gasteiger partial charge in [-0.25, -0.2) is 4.98 Å². The number of aryl methyl sites for hydroxylation is 1. The fourth-order valence-electron chi connectivity index (χ4n) is 6.41. The maximum absolute atomic E-state index is 12.8. The van der Waals surface area contributed by atoms with Gasteiger partial charge in [0.1, 0.15) is 5.82 Å². The number of carbonyl (C=O) groups is 1. The van der Waals surface area contributed by atoms with E-state index in [-0.39, 0.29) is 17.0 Å².